The summed E-state index contributed by atoms with van der Waals surface area (Å²) in [5.41, 5.74) is 2.64. The number of allylic oxidation sites excluding steroid dienone is 1. The quantitative estimate of drug-likeness (QED) is 0.441. The van der Waals surface area contributed by atoms with Gasteiger partial charge in [-0.05, 0) is 82.2 Å². The number of hydrogen-bond acceptors (Lipinski definition) is 8. The normalized spacial score (nSPS) is 18.4. The molecule has 1 aromatic carbocycles. The van der Waals surface area contributed by atoms with Crippen LogP contribution in [-0.2, 0) is 11.3 Å². The molecule has 10 heteroatoms. The molecular formula is C31H37ClN6O3. The Kier molecular flexibility index (Phi) is 8.64. The van der Waals surface area contributed by atoms with Crippen molar-refractivity contribution in [3.63, 3.8) is 0 Å². The lowest BCUT2D eigenvalue weighted by atomic mass is 9.94. The minimum absolute atomic E-state index is 0.0779. The predicted molar refractivity (Wildman–Crippen MR) is 159 cm³/mol. The third kappa shape index (κ3) is 6.47. The summed E-state index contributed by atoms with van der Waals surface area (Å²) in [5, 5.41) is 12.5. The van der Waals surface area contributed by atoms with Crippen molar-refractivity contribution < 1.29 is 9.26 Å². The summed E-state index contributed by atoms with van der Waals surface area (Å²) >= 11 is 6.81. The number of rotatable bonds is 7. The Morgan fingerprint density at radius 2 is 1.88 bits per heavy atom. The van der Waals surface area contributed by atoms with Crippen molar-refractivity contribution in [3.05, 3.63) is 68.1 Å². The Labute approximate surface area is 244 Å². The summed E-state index contributed by atoms with van der Waals surface area (Å²) in [5.74, 6) is 2.37. The Bertz CT molecular complexity index is 1600. The molecule has 2 N–H and O–H groups in total. The summed E-state index contributed by atoms with van der Waals surface area (Å²) in [6.07, 6.45) is 11.2. The third-order valence-corrected chi connectivity index (χ3v) is 8.53. The fraction of sp³-hybridized carbons (Fsp3) is 0.484. The number of nitrogens with zero attached hydrogens (tertiary/aromatic N) is 4. The number of nitrogens with one attached hydrogen (secondary N) is 2. The molecule has 0 atom stereocenters. The highest BCUT2D eigenvalue weighted by molar-refractivity contribution is 6.33. The maximum absolute atomic E-state index is 14.2. The first-order valence-corrected chi connectivity index (χ1v) is 15.1. The van der Waals surface area contributed by atoms with Gasteiger partial charge in [-0.15, -0.1) is 0 Å². The van der Waals surface area contributed by atoms with E-state index < -0.39 is 0 Å². The van der Waals surface area contributed by atoms with Crippen molar-refractivity contribution >= 4 is 17.7 Å². The smallest absolute Gasteiger partial charge is 0.260 e. The fourth-order valence-electron chi connectivity index (χ4n) is 5.89. The number of aryl methyl sites for hydroxylation is 1. The highest BCUT2D eigenvalue weighted by Gasteiger charge is 2.19. The van der Waals surface area contributed by atoms with Crippen LogP contribution in [0.4, 0.5) is 0 Å². The van der Waals surface area contributed by atoms with Crippen LogP contribution in [0.3, 0.4) is 0 Å². The number of aromatic nitrogens is 3. The van der Waals surface area contributed by atoms with E-state index in [0.717, 1.165) is 87.9 Å². The molecule has 0 radical (unpaired) electrons. The van der Waals surface area contributed by atoms with Crippen molar-refractivity contribution in [1.29, 1.82) is 0 Å². The number of piperidine rings is 1. The average Bonchev–Trinajstić information content (AvgIpc) is 3.42. The molecule has 0 aliphatic carbocycles. The Morgan fingerprint density at radius 1 is 1.07 bits per heavy atom. The van der Waals surface area contributed by atoms with E-state index in [0.29, 0.717) is 51.9 Å². The highest BCUT2D eigenvalue weighted by Crippen LogP contribution is 2.29. The van der Waals surface area contributed by atoms with E-state index in [1.165, 1.54) is 0 Å². The topological polar surface area (TPSA) is 107 Å². The lowest BCUT2D eigenvalue weighted by molar-refractivity contribution is 0.0802. The molecule has 3 aliphatic rings. The van der Waals surface area contributed by atoms with Gasteiger partial charge in [-0.25, -0.2) is 4.99 Å². The van der Waals surface area contributed by atoms with Crippen molar-refractivity contribution in [3.8, 4) is 22.5 Å². The molecular weight excluding hydrogens is 540 g/mol. The first kappa shape index (κ1) is 27.9. The number of ether oxygens (including phenoxy) is 1. The number of fused-ring (bicyclic) bond motifs is 1. The molecule has 9 nitrogen and oxygen atoms in total. The molecule has 0 saturated carbocycles. The molecule has 2 aromatic heterocycles. The summed E-state index contributed by atoms with van der Waals surface area (Å²) in [6.45, 7) is 5.92. The minimum Gasteiger partial charge on any atom is -0.381 e. The molecule has 3 aromatic rings. The second-order valence-electron chi connectivity index (χ2n) is 11.1. The van der Waals surface area contributed by atoms with Crippen LogP contribution in [0.5, 0.6) is 0 Å². The van der Waals surface area contributed by atoms with E-state index in [9.17, 15) is 4.79 Å². The fourth-order valence-corrected chi connectivity index (χ4v) is 6.17. The van der Waals surface area contributed by atoms with Gasteiger partial charge in [-0.3, -0.25) is 9.36 Å². The first-order chi connectivity index (χ1) is 20.0. The molecule has 5 heterocycles. The van der Waals surface area contributed by atoms with Gasteiger partial charge in [-0.2, -0.15) is 4.98 Å². The van der Waals surface area contributed by atoms with Crippen LogP contribution in [0, 0.1) is 12.8 Å². The summed E-state index contributed by atoms with van der Waals surface area (Å²) < 4.78 is 12.6. The van der Waals surface area contributed by atoms with Crippen LogP contribution in [-0.4, -0.2) is 47.1 Å². The highest BCUT2D eigenvalue weighted by atomic mass is 35.5. The van der Waals surface area contributed by atoms with Gasteiger partial charge in [0.2, 0.25) is 11.7 Å². The van der Waals surface area contributed by atoms with Crippen LogP contribution in [0.25, 0.3) is 28.6 Å². The standard InChI is InChI=1S/C31H37ClN6O3/c1-20-34-29(37-41-20)22-6-7-25(27(32)19-22)26-18-23-4-2-3-5-28(35-24-11-16-40-17-12-24)36-30(23)38(31(26)39)15-10-21-8-13-33-14-9-21/h4-7,18-19,21,24,33,35H,2-3,8-17H2,1H3. The van der Waals surface area contributed by atoms with Gasteiger partial charge in [0.05, 0.1) is 0 Å². The zero-order valence-corrected chi connectivity index (χ0v) is 24.3. The maximum Gasteiger partial charge on any atom is 0.260 e. The number of halogens is 1. The van der Waals surface area contributed by atoms with Gasteiger partial charge in [0, 0.05) is 59.7 Å². The van der Waals surface area contributed by atoms with Gasteiger partial charge in [0.25, 0.3) is 5.56 Å². The van der Waals surface area contributed by atoms with E-state index in [-0.39, 0.29) is 5.56 Å². The minimum atomic E-state index is -0.0779. The third-order valence-electron chi connectivity index (χ3n) is 8.22. The van der Waals surface area contributed by atoms with Gasteiger partial charge in [0.1, 0.15) is 11.3 Å². The van der Waals surface area contributed by atoms with Gasteiger partial charge in [-0.1, -0.05) is 35.0 Å². The number of pyridine rings is 1. The summed E-state index contributed by atoms with van der Waals surface area (Å²) in [7, 11) is 0. The van der Waals surface area contributed by atoms with E-state index in [4.69, 9.17) is 25.9 Å². The Balaban J connectivity index is 1.43. The molecule has 216 valence electrons. The molecule has 0 unspecified atom stereocenters. The molecule has 3 aliphatic heterocycles. The first-order valence-electron chi connectivity index (χ1n) is 14.7. The van der Waals surface area contributed by atoms with Crippen LogP contribution < -0.4 is 26.9 Å². The second kappa shape index (κ2) is 12.7. The molecule has 2 saturated heterocycles. The predicted octanol–water partition coefficient (Wildman–Crippen LogP) is 3.72. The van der Waals surface area contributed by atoms with E-state index >= 15 is 0 Å². The number of hydrogen-bond donors (Lipinski definition) is 2. The molecule has 0 amide bonds. The van der Waals surface area contributed by atoms with Gasteiger partial charge < -0.3 is 19.9 Å². The lowest BCUT2D eigenvalue weighted by Crippen LogP contribution is -2.46. The van der Waals surface area contributed by atoms with Crippen molar-refractivity contribution in [1.82, 2.24) is 25.3 Å². The maximum atomic E-state index is 14.2. The Morgan fingerprint density at radius 3 is 2.63 bits per heavy atom. The van der Waals surface area contributed by atoms with E-state index in [1.54, 1.807) is 13.0 Å². The van der Waals surface area contributed by atoms with Crippen LogP contribution in [0.15, 0.2) is 50.5 Å². The Hall–Kier alpha value is -3.27. The zero-order chi connectivity index (χ0) is 28.2. The van der Waals surface area contributed by atoms with Crippen molar-refractivity contribution in [2.24, 2.45) is 10.9 Å². The van der Waals surface area contributed by atoms with Crippen LogP contribution >= 0.6 is 11.6 Å². The molecule has 0 spiro atoms. The largest absolute Gasteiger partial charge is 0.381 e. The average molecular weight is 577 g/mol. The van der Waals surface area contributed by atoms with Gasteiger partial charge in [0.15, 0.2) is 0 Å². The monoisotopic (exact) mass is 576 g/mol. The zero-order valence-electron chi connectivity index (χ0n) is 23.5. The SMILES string of the molecule is Cc1nc(-c2ccc(-c3cc4c(n(CCC5CCNCC5)c3=O)=NC(NC3CCOCC3)=CCCC=4)c(Cl)c2)no1. The molecule has 6 rings (SSSR count). The van der Waals surface area contributed by atoms with Crippen LogP contribution in [0.2, 0.25) is 5.02 Å². The second-order valence-corrected chi connectivity index (χ2v) is 11.5. The summed E-state index contributed by atoms with van der Waals surface area (Å²) in [4.78, 5) is 23.6. The van der Waals surface area contributed by atoms with Crippen molar-refractivity contribution in [2.75, 3.05) is 26.3 Å². The van der Waals surface area contributed by atoms with Crippen LogP contribution in [0.1, 0.15) is 50.8 Å². The summed E-state index contributed by atoms with van der Waals surface area (Å²) in [6, 6.07) is 7.83. The molecule has 0 bridgehead atoms. The lowest BCUT2D eigenvalue weighted by Gasteiger charge is -2.25. The van der Waals surface area contributed by atoms with E-state index in [1.807, 2.05) is 22.8 Å². The number of benzene rings is 1. The van der Waals surface area contributed by atoms with Crippen molar-refractivity contribution in [2.45, 2.75) is 64.5 Å². The molecule has 41 heavy (non-hydrogen) atoms. The molecule has 2 fully saturated rings. The van der Waals surface area contributed by atoms with E-state index in [2.05, 4.69) is 32.9 Å². The van der Waals surface area contributed by atoms with Gasteiger partial charge >= 0.3 is 0 Å².